The van der Waals surface area contributed by atoms with Crippen molar-refractivity contribution in [3.05, 3.63) is 18.0 Å². The lowest BCUT2D eigenvalue weighted by molar-refractivity contribution is -0.134. The summed E-state index contributed by atoms with van der Waals surface area (Å²) in [5.41, 5.74) is 1.16. The predicted octanol–water partition coefficient (Wildman–Crippen LogP) is 0.591. The van der Waals surface area contributed by atoms with Gasteiger partial charge in [0.2, 0.25) is 5.91 Å². The van der Waals surface area contributed by atoms with Crippen LogP contribution in [0, 0.1) is 5.92 Å². The lowest BCUT2D eigenvalue weighted by atomic mass is 9.90. The molecule has 18 heavy (non-hydrogen) atoms. The zero-order chi connectivity index (χ0) is 13.1. The summed E-state index contributed by atoms with van der Waals surface area (Å²) >= 11 is 0. The average Bonchev–Trinajstić information content (AvgIpc) is 2.96. The Morgan fingerprint density at radius 2 is 2.39 bits per heavy atom. The molecule has 1 amide bonds. The highest BCUT2D eigenvalue weighted by Gasteiger charge is 2.35. The van der Waals surface area contributed by atoms with E-state index in [4.69, 9.17) is 0 Å². The minimum absolute atomic E-state index is 0.0470. The third-order valence-electron chi connectivity index (χ3n) is 3.62. The second-order valence-corrected chi connectivity index (χ2v) is 5.08. The molecule has 1 aliphatic rings. The van der Waals surface area contributed by atoms with Gasteiger partial charge in [0.15, 0.2) is 0 Å². The molecule has 0 bridgehead atoms. The van der Waals surface area contributed by atoms with Gasteiger partial charge in [0.1, 0.15) is 0 Å². The van der Waals surface area contributed by atoms with E-state index in [1.807, 2.05) is 31.4 Å². The molecule has 0 aromatic carbocycles. The Morgan fingerprint density at radius 1 is 1.61 bits per heavy atom. The third kappa shape index (κ3) is 2.56. The maximum Gasteiger partial charge on any atom is 0.227 e. The summed E-state index contributed by atoms with van der Waals surface area (Å²) < 4.78 is 1.80. The first kappa shape index (κ1) is 13.1. The second kappa shape index (κ2) is 5.52. The highest BCUT2D eigenvalue weighted by molar-refractivity contribution is 5.80. The largest absolute Gasteiger partial charge is 0.345 e. The minimum Gasteiger partial charge on any atom is -0.345 e. The van der Waals surface area contributed by atoms with Gasteiger partial charge >= 0.3 is 0 Å². The molecule has 1 aromatic rings. The summed E-state index contributed by atoms with van der Waals surface area (Å²) in [6.07, 6.45) is 4.88. The van der Waals surface area contributed by atoms with Crippen LogP contribution in [0.15, 0.2) is 12.4 Å². The van der Waals surface area contributed by atoms with Crippen LogP contribution in [-0.2, 0) is 11.8 Å². The third-order valence-corrected chi connectivity index (χ3v) is 3.62. The topological polar surface area (TPSA) is 50.2 Å². The Bertz CT molecular complexity index is 415. The second-order valence-electron chi connectivity index (χ2n) is 5.08. The molecule has 2 heterocycles. The number of rotatable bonds is 4. The Morgan fingerprint density at radius 3 is 3.00 bits per heavy atom. The fourth-order valence-electron chi connectivity index (χ4n) is 2.65. The molecule has 1 aromatic heterocycles. The van der Waals surface area contributed by atoms with Crippen LogP contribution < -0.4 is 5.32 Å². The predicted molar refractivity (Wildman–Crippen MR) is 70.2 cm³/mol. The van der Waals surface area contributed by atoms with Crippen LogP contribution in [0.2, 0.25) is 0 Å². The fourth-order valence-corrected chi connectivity index (χ4v) is 2.65. The van der Waals surface area contributed by atoms with Gasteiger partial charge in [-0.05, 0) is 12.0 Å². The summed E-state index contributed by atoms with van der Waals surface area (Å²) in [7, 11) is 3.80. The van der Waals surface area contributed by atoms with Crippen molar-refractivity contribution in [1.29, 1.82) is 0 Å². The van der Waals surface area contributed by atoms with Crippen molar-refractivity contribution in [2.45, 2.75) is 19.3 Å². The van der Waals surface area contributed by atoms with E-state index in [0.717, 1.165) is 31.6 Å². The van der Waals surface area contributed by atoms with Crippen molar-refractivity contribution in [3.8, 4) is 0 Å². The lowest BCUT2D eigenvalue weighted by Gasteiger charge is -2.23. The van der Waals surface area contributed by atoms with Gasteiger partial charge in [0, 0.05) is 45.8 Å². The summed E-state index contributed by atoms with van der Waals surface area (Å²) in [5, 5.41) is 7.52. The van der Waals surface area contributed by atoms with Crippen LogP contribution in [0.1, 0.15) is 24.8 Å². The van der Waals surface area contributed by atoms with Crippen LogP contribution in [-0.4, -0.2) is 47.3 Å². The Hall–Kier alpha value is -1.36. The molecule has 1 saturated heterocycles. The van der Waals surface area contributed by atoms with E-state index in [1.165, 1.54) is 0 Å². The molecular formula is C13H22N4O. The van der Waals surface area contributed by atoms with Crippen molar-refractivity contribution < 1.29 is 4.79 Å². The molecule has 2 atom stereocenters. The summed E-state index contributed by atoms with van der Waals surface area (Å²) in [6.45, 7) is 4.55. The zero-order valence-electron chi connectivity index (χ0n) is 11.4. The van der Waals surface area contributed by atoms with E-state index < -0.39 is 0 Å². The van der Waals surface area contributed by atoms with Crippen LogP contribution in [0.25, 0.3) is 0 Å². The number of hydrogen-bond donors (Lipinski definition) is 1. The first-order chi connectivity index (χ1) is 8.63. The fraction of sp³-hybridized carbons (Fsp3) is 0.692. The molecule has 0 unspecified atom stereocenters. The van der Waals surface area contributed by atoms with E-state index in [-0.39, 0.29) is 17.7 Å². The van der Waals surface area contributed by atoms with Crippen molar-refractivity contribution in [2.24, 2.45) is 13.0 Å². The quantitative estimate of drug-likeness (QED) is 0.851. The van der Waals surface area contributed by atoms with E-state index in [0.29, 0.717) is 0 Å². The van der Waals surface area contributed by atoms with E-state index >= 15 is 0 Å². The van der Waals surface area contributed by atoms with Crippen molar-refractivity contribution in [3.63, 3.8) is 0 Å². The van der Waals surface area contributed by atoms with Crippen LogP contribution in [0.3, 0.4) is 0 Å². The van der Waals surface area contributed by atoms with Crippen LogP contribution in [0.4, 0.5) is 0 Å². The summed E-state index contributed by atoms with van der Waals surface area (Å²) in [6, 6.07) is 0. The minimum atomic E-state index is 0.0470. The maximum absolute atomic E-state index is 12.4. The molecule has 100 valence electrons. The van der Waals surface area contributed by atoms with Crippen LogP contribution in [0.5, 0.6) is 0 Å². The Labute approximate surface area is 108 Å². The highest BCUT2D eigenvalue weighted by atomic mass is 16.2. The van der Waals surface area contributed by atoms with Gasteiger partial charge in [0.05, 0.1) is 12.1 Å². The Kier molecular flexibility index (Phi) is 4.01. The van der Waals surface area contributed by atoms with Gasteiger partial charge in [-0.3, -0.25) is 9.48 Å². The van der Waals surface area contributed by atoms with Gasteiger partial charge in [-0.1, -0.05) is 6.92 Å². The van der Waals surface area contributed by atoms with Gasteiger partial charge < -0.3 is 10.2 Å². The number of aryl methyl sites for hydroxylation is 1. The standard InChI is InChI=1S/C13H22N4O/c1-4-5-16(2)13(18)12-8-14-7-11(12)10-6-15-17(3)9-10/h6,9,11-12,14H,4-5,7-8H2,1-3H3/t11-,12+/m1/s1. The van der Waals surface area contributed by atoms with Crippen molar-refractivity contribution in [1.82, 2.24) is 20.0 Å². The molecule has 5 nitrogen and oxygen atoms in total. The summed E-state index contributed by atoms with van der Waals surface area (Å²) in [5.74, 6) is 0.548. The molecule has 0 spiro atoms. The van der Waals surface area contributed by atoms with Crippen LogP contribution >= 0.6 is 0 Å². The van der Waals surface area contributed by atoms with Gasteiger partial charge in [-0.2, -0.15) is 5.10 Å². The number of carbonyl (C=O) groups is 1. The summed E-state index contributed by atoms with van der Waals surface area (Å²) in [4.78, 5) is 14.2. The molecule has 1 aliphatic heterocycles. The maximum atomic E-state index is 12.4. The van der Waals surface area contributed by atoms with Gasteiger partial charge in [0.25, 0.3) is 0 Å². The number of carbonyl (C=O) groups excluding carboxylic acids is 1. The molecule has 0 saturated carbocycles. The normalized spacial score (nSPS) is 23.3. The highest BCUT2D eigenvalue weighted by Crippen LogP contribution is 2.29. The zero-order valence-corrected chi connectivity index (χ0v) is 11.4. The van der Waals surface area contributed by atoms with Gasteiger partial charge in [-0.15, -0.1) is 0 Å². The number of amides is 1. The van der Waals surface area contributed by atoms with E-state index in [9.17, 15) is 4.79 Å². The lowest BCUT2D eigenvalue weighted by Crippen LogP contribution is -2.36. The smallest absolute Gasteiger partial charge is 0.227 e. The SMILES string of the molecule is CCCN(C)C(=O)[C@H]1CNC[C@@H]1c1cnn(C)c1. The van der Waals surface area contributed by atoms with E-state index in [1.54, 1.807) is 4.68 Å². The van der Waals surface area contributed by atoms with Crippen molar-refractivity contribution in [2.75, 3.05) is 26.7 Å². The number of hydrogen-bond acceptors (Lipinski definition) is 3. The Balaban J connectivity index is 2.10. The molecule has 1 N–H and O–H groups in total. The molecule has 2 rings (SSSR count). The molecule has 0 aliphatic carbocycles. The first-order valence-electron chi connectivity index (χ1n) is 6.57. The monoisotopic (exact) mass is 250 g/mol. The average molecular weight is 250 g/mol. The first-order valence-corrected chi connectivity index (χ1v) is 6.57. The molecular weight excluding hydrogens is 228 g/mol. The molecule has 1 fully saturated rings. The molecule has 5 heteroatoms. The van der Waals surface area contributed by atoms with Gasteiger partial charge in [-0.25, -0.2) is 0 Å². The number of nitrogens with one attached hydrogen (secondary N) is 1. The van der Waals surface area contributed by atoms with Crippen molar-refractivity contribution >= 4 is 5.91 Å². The number of nitrogens with zero attached hydrogens (tertiary/aromatic N) is 3. The number of aromatic nitrogens is 2. The molecule has 0 radical (unpaired) electrons. The van der Waals surface area contributed by atoms with E-state index in [2.05, 4.69) is 17.3 Å².